The molecule has 1 atom stereocenters. The standard InChI is InChI=1S/C11H15FN2O2/c1-3-14-11(15)7(2)16-8-4-5-10(13)9(12)6-8/h4-7H,3,13H2,1-2H3,(H,14,15). The van der Waals surface area contributed by atoms with Crippen molar-refractivity contribution < 1.29 is 13.9 Å². The van der Waals surface area contributed by atoms with Gasteiger partial charge in [-0.05, 0) is 26.0 Å². The van der Waals surface area contributed by atoms with Gasteiger partial charge in [-0.3, -0.25) is 4.79 Å². The monoisotopic (exact) mass is 226 g/mol. The molecule has 0 aliphatic rings. The van der Waals surface area contributed by atoms with E-state index in [1.54, 1.807) is 6.92 Å². The molecular formula is C11H15FN2O2. The Kier molecular flexibility index (Phi) is 4.10. The Hall–Kier alpha value is -1.78. The largest absolute Gasteiger partial charge is 0.481 e. The first-order valence-electron chi connectivity index (χ1n) is 5.04. The van der Waals surface area contributed by atoms with E-state index in [2.05, 4.69) is 5.32 Å². The highest BCUT2D eigenvalue weighted by atomic mass is 19.1. The predicted molar refractivity (Wildman–Crippen MR) is 59.6 cm³/mol. The average molecular weight is 226 g/mol. The Bertz CT molecular complexity index is 382. The molecule has 16 heavy (non-hydrogen) atoms. The lowest BCUT2D eigenvalue weighted by atomic mass is 10.3. The number of nitrogens with one attached hydrogen (secondary N) is 1. The number of rotatable bonds is 4. The molecule has 5 heteroatoms. The van der Waals surface area contributed by atoms with Gasteiger partial charge in [0.05, 0.1) is 5.69 Å². The Morgan fingerprint density at radius 3 is 2.88 bits per heavy atom. The average Bonchev–Trinajstić information content (AvgIpc) is 2.24. The molecule has 0 aliphatic carbocycles. The van der Waals surface area contributed by atoms with E-state index in [1.165, 1.54) is 12.1 Å². The fourth-order valence-electron chi connectivity index (χ4n) is 1.16. The summed E-state index contributed by atoms with van der Waals surface area (Å²) in [5, 5.41) is 2.61. The third kappa shape index (κ3) is 3.12. The zero-order chi connectivity index (χ0) is 12.1. The van der Waals surface area contributed by atoms with Gasteiger partial charge in [-0.25, -0.2) is 4.39 Å². The van der Waals surface area contributed by atoms with Crippen LogP contribution >= 0.6 is 0 Å². The maximum Gasteiger partial charge on any atom is 0.260 e. The molecule has 88 valence electrons. The van der Waals surface area contributed by atoms with Crippen molar-refractivity contribution in [2.24, 2.45) is 0 Å². The van der Waals surface area contributed by atoms with E-state index in [1.807, 2.05) is 6.92 Å². The molecule has 0 bridgehead atoms. The molecule has 0 aromatic heterocycles. The van der Waals surface area contributed by atoms with Crippen molar-refractivity contribution >= 4 is 11.6 Å². The smallest absolute Gasteiger partial charge is 0.260 e. The van der Waals surface area contributed by atoms with Gasteiger partial charge in [-0.15, -0.1) is 0 Å². The number of benzene rings is 1. The van der Waals surface area contributed by atoms with Crippen molar-refractivity contribution in [3.8, 4) is 5.75 Å². The number of hydrogen-bond acceptors (Lipinski definition) is 3. The van der Waals surface area contributed by atoms with Crippen LogP contribution in [-0.2, 0) is 4.79 Å². The van der Waals surface area contributed by atoms with E-state index in [0.717, 1.165) is 6.07 Å². The lowest BCUT2D eigenvalue weighted by Crippen LogP contribution is -2.36. The second-order valence-electron chi connectivity index (χ2n) is 3.34. The lowest BCUT2D eigenvalue weighted by Gasteiger charge is -2.14. The number of halogens is 1. The Balaban J connectivity index is 2.66. The van der Waals surface area contributed by atoms with Crippen LogP contribution in [-0.4, -0.2) is 18.6 Å². The summed E-state index contributed by atoms with van der Waals surface area (Å²) in [5.41, 5.74) is 5.37. The summed E-state index contributed by atoms with van der Waals surface area (Å²) in [6.07, 6.45) is -0.664. The molecule has 3 N–H and O–H groups in total. The summed E-state index contributed by atoms with van der Waals surface area (Å²) in [6.45, 7) is 3.94. The van der Waals surface area contributed by atoms with Crippen LogP contribution in [0.5, 0.6) is 5.75 Å². The van der Waals surface area contributed by atoms with Crippen LogP contribution < -0.4 is 15.8 Å². The van der Waals surface area contributed by atoms with Gasteiger partial charge in [0.15, 0.2) is 6.10 Å². The molecule has 0 heterocycles. The quantitative estimate of drug-likeness (QED) is 0.761. The zero-order valence-electron chi connectivity index (χ0n) is 9.29. The first-order chi connectivity index (χ1) is 7.54. The van der Waals surface area contributed by atoms with E-state index < -0.39 is 11.9 Å². The van der Waals surface area contributed by atoms with Crippen molar-refractivity contribution in [2.75, 3.05) is 12.3 Å². The Morgan fingerprint density at radius 1 is 1.62 bits per heavy atom. The number of nitrogen functional groups attached to an aromatic ring is 1. The summed E-state index contributed by atoms with van der Waals surface area (Å²) in [5.74, 6) is -0.509. The second-order valence-corrected chi connectivity index (χ2v) is 3.34. The maximum atomic E-state index is 13.1. The van der Waals surface area contributed by atoms with Crippen LogP contribution in [0.3, 0.4) is 0 Å². The van der Waals surface area contributed by atoms with Crippen molar-refractivity contribution in [2.45, 2.75) is 20.0 Å². The molecule has 0 aliphatic heterocycles. The first kappa shape index (κ1) is 12.3. The molecule has 4 nitrogen and oxygen atoms in total. The van der Waals surface area contributed by atoms with Gasteiger partial charge in [-0.1, -0.05) is 0 Å². The van der Waals surface area contributed by atoms with E-state index >= 15 is 0 Å². The minimum atomic E-state index is -0.664. The van der Waals surface area contributed by atoms with Crippen LogP contribution in [0.15, 0.2) is 18.2 Å². The number of carbonyl (C=O) groups excluding carboxylic acids is 1. The van der Waals surface area contributed by atoms with Gasteiger partial charge >= 0.3 is 0 Å². The molecule has 1 rings (SSSR count). The highest BCUT2D eigenvalue weighted by Gasteiger charge is 2.13. The number of ether oxygens (including phenoxy) is 1. The van der Waals surface area contributed by atoms with Crippen molar-refractivity contribution in [1.29, 1.82) is 0 Å². The molecule has 0 saturated heterocycles. The minimum absolute atomic E-state index is 0.0537. The highest BCUT2D eigenvalue weighted by molar-refractivity contribution is 5.80. The number of anilines is 1. The first-order valence-corrected chi connectivity index (χ1v) is 5.04. The molecule has 0 spiro atoms. The molecule has 1 unspecified atom stereocenters. The van der Waals surface area contributed by atoms with Gasteiger partial charge in [0.1, 0.15) is 11.6 Å². The summed E-state index contributed by atoms with van der Waals surface area (Å²) in [6, 6.07) is 4.08. The molecular weight excluding hydrogens is 211 g/mol. The number of likely N-dealkylation sites (N-methyl/N-ethyl adjacent to an activating group) is 1. The number of carbonyl (C=O) groups is 1. The van der Waals surface area contributed by atoms with Crippen LogP contribution in [0.2, 0.25) is 0 Å². The SMILES string of the molecule is CCNC(=O)C(C)Oc1ccc(N)c(F)c1. The van der Waals surface area contributed by atoms with E-state index in [4.69, 9.17) is 10.5 Å². The van der Waals surface area contributed by atoms with E-state index in [0.29, 0.717) is 6.54 Å². The van der Waals surface area contributed by atoms with Crippen molar-refractivity contribution in [1.82, 2.24) is 5.32 Å². The van der Waals surface area contributed by atoms with Gasteiger partial charge in [0.2, 0.25) is 0 Å². The summed E-state index contributed by atoms with van der Waals surface area (Å²) in [4.78, 5) is 11.3. The van der Waals surface area contributed by atoms with Gasteiger partial charge in [0.25, 0.3) is 5.91 Å². The fraction of sp³-hybridized carbons (Fsp3) is 0.364. The Morgan fingerprint density at radius 2 is 2.31 bits per heavy atom. The minimum Gasteiger partial charge on any atom is -0.481 e. The topological polar surface area (TPSA) is 64.3 Å². The van der Waals surface area contributed by atoms with Crippen molar-refractivity contribution in [3.63, 3.8) is 0 Å². The highest BCUT2D eigenvalue weighted by Crippen LogP contribution is 2.18. The third-order valence-corrected chi connectivity index (χ3v) is 2.01. The van der Waals surface area contributed by atoms with Gasteiger partial charge in [-0.2, -0.15) is 0 Å². The summed E-state index contributed by atoms with van der Waals surface area (Å²) < 4.78 is 18.3. The number of hydrogen-bond donors (Lipinski definition) is 2. The van der Waals surface area contributed by atoms with E-state index in [9.17, 15) is 9.18 Å². The fourth-order valence-corrected chi connectivity index (χ4v) is 1.16. The molecule has 0 radical (unpaired) electrons. The summed E-state index contributed by atoms with van der Waals surface area (Å²) in [7, 11) is 0. The van der Waals surface area contributed by atoms with Crippen LogP contribution in [0, 0.1) is 5.82 Å². The molecule has 1 amide bonds. The van der Waals surface area contributed by atoms with Crippen LogP contribution in [0.1, 0.15) is 13.8 Å². The van der Waals surface area contributed by atoms with Crippen LogP contribution in [0.4, 0.5) is 10.1 Å². The number of nitrogens with two attached hydrogens (primary N) is 1. The zero-order valence-corrected chi connectivity index (χ0v) is 9.29. The summed E-state index contributed by atoms with van der Waals surface area (Å²) >= 11 is 0. The van der Waals surface area contributed by atoms with Crippen LogP contribution in [0.25, 0.3) is 0 Å². The van der Waals surface area contributed by atoms with Crippen molar-refractivity contribution in [3.05, 3.63) is 24.0 Å². The predicted octanol–water partition coefficient (Wildman–Crippen LogP) is 1.31. The number of amides is 1. The molecule has 0 fully saturated rings. The third-order valence-electron chi connectivity index (χ3n) is 2.01. The van der Waals surface area contributed by atoms with Gasteiger partial charge < -0.3 is 15.8 Å². The Labute approximate surface area is 93.6 Å². The maximum absolute atomic E-state index is 13.1. The lowest BCUT2D eigenvalue weighted by molar-refractivity contribution is -0.127. The normalized spacial score (nSPS) is 11.9. The molecule has 1 aromatic rings. The molecule has 1 aromatic carbocycles. The van der Waals surface area contributed by atoms with E-state index in [-0.39, 0.29) is 17.3 Å². The second kappa shape index (κ2) is 5.34. The van der Waals surface area contributed by atoms with Gasteiger partial charge in [0, 0.05) is 12.6 Å². The molecule has 0 saturated carbocycles.